The topological polar surface area (TPSA) is 88.6 Å². The number of carbonyl (C=O) groups is 3. The molecule has 2 fully saturated rings. The van der Waals surface area contributed by atoms with E-state index in [2.05, 4.69) is 19.9 Å². The molecule has 0 radical (unpaired) electrons. The number of rotatable bonds is 2. The van der Waals surface area contributed by atoms with Crippen molar-refractivity contribution in [1.29, 1.82) is 0 Å². The van der Waals surface area contributed by atoms with Gasteiger partial charge in [0, 0.05) is 25.7 Å². The fourth-order valence-corrected chi connectivity index (χ4v) is 3.07. The molecule has 2 saturated heterocycles. The Morgan fingerprint density at radius 1 is 1.32 bits per heavy atom. The Hall–Kier alpha value is -2.44. The number of anilines is 1. The molecule has 0 saturated carbocycles. The molecule has 1 N–H and O–H groups in total. The van der Waals surface area contributed by atoms with Crippen molar-refractivity contribution in [2.24, 2.45) is 5.41 Å². The number of ether oxygens (including phenoxy) is 1. The number of carbonyl (C=O) groups excluding carboxylic acids is 3. The number of imide groups is 1. The largest absolute Gasteiger partial charge is 0.465 e. The van der Waals surface area contributed by atoms with Crippen LogP contribution < -0.4 is 10.2 Å². The molecule has 2 aliphatic heterocycles. The second-order valence-electron chi connectivity index (χ2n) is 5.72. The number of hydrogen-bond acceptors (Lipinski definition) is 6. The van der Waals surface area contributed by atoms with Crippen LogP contribution in [0.5, 0.6) is 0 Å². The van der Waals surface area contributed by atoms with Crippen LogP contribution in [0.2, 0.25) is 0 Å². The van der Waals surface area contributed by atoms with Gasteiger partial charge in [-0.15, -0.1) is 0 Å². The van der Waals surface area contributed by atoms with Gasteiger partial charge in [0.2, 0.25) is 11.8 Å². The molecular weight excluding hydrogens is 286 g/mol. The molecule has 3 heterocycles. The first-order chi connectivity index (χ1) is 10.5. The summed E-state index contributed by atoms with van der Waals surface area (Å²) in [7, 11) is 1.33. The van der Waals surface area contributed by atoms with E-state index in [9.17, 15) is 14.4 Å². The van der Waals surface area contributed by atoms with Crippen molar-refractivity contribution in [3.05, 3.63) is 23.9 Å². The maximum atomic E-state index is 11.9. The molecular formula is C15H17N3O4. The fourth-order valence-electron chi connectivity index (χ4n) is 3.07. The van der Waals surface area contributed by atoms with E-state index in [0.717, 1.165) is 5.82 Å². The molecule has 22 heavy (non-hydrogen) atoms. The normalized spacial score (nSPS) is 20.1. The Bertz CT molecular complexity index is 618. The SMILES string of the molecule is COC(=O)c1ccc(N2CCC3(CC2)CC(=O)NC3=O)nc1. The quantitative estimate of drug-likeness (QED) is 0.632. The molecule has 116 valence electrons. The van der Waals surface area contributed by atoms with Crippen molar-refractivity contribution in [1.82, 2.24) is 10.3 Å². The monoisotopic (exact) mass is 303 g/mol. The van der Waals surface area contributed by atoms with Gasteiger partial charge in [-0.05, 0) is 25.0 Å². The summed E-state index contributed by atoms with van der Waals surface area (Å²) in [4.78, 5) is 41.1. The molecule has 2 aliphatic rings. The van der Waals surface area contributed by atoms with Crippen LogP contribution in [0.1, 0.15) is 29.6 Å². The lowest BCUT2D eigenvalue weighted by atomic mass is 9.77. The summed E-state index contributed by atoms with van der Waals surface area (Å²) in [6, 6.07) is 3.44. The number of nitrogens with one attached hydrogen (secondary N) is 1. The number of nitrogens with zero attached hydrogens (tertiary/aromatic N) is 2. The third-order valence-electron chi connectivity index (χ3n) is 4.45. The molecule has 3 rings (SSSR count). The number of amides is 2. The van der Waals surface area contributed by atoms with Crippen LogP contribution in [0.25, 0.3) is 0 Å². The summed E-state index contributed by atoms with van der Waals surface area (Å²) in [6.07, 6.45) is 3.03. The highest BCUT2D eigenvalue weighted by molar-refractivity contribution is 6.06. The molecule has 0 aromatic carbocycles. The van der Waals surface area contributed by atoms with Crippen molar-refractivity contribution >= 4 is 23.6 Å². The van der Waals surface area contributed by atoms with E-state index in [-0.39, 0.29) is 18.2 Å². The lowest BCUT2D eigenvalue weighted by molar-refractivity contribution is -0.129. The molecule has 2 amide bonds. The Labute approximate surface area is 127 Å². The van der Waals surface area contributed by atoms with Gasteiger partial charge >= 0.3 is 5.97 Å². The first kappa shape index (κ1) is 14.5. The Balaban J connectivity index is 1.68. The van der Waals surface area contributed by atoms with Crippen LogP contribution >= 0.6 is 0 Å². The smallest absolute Gasteiger partial charge is 0.339 e. The molecule has 7 heteroatoms. The predicted molar refractivity (Wildman–Crippen MR) is 77.2 cm³/mol. The van der Waals surface area contributed by atoms with Gasteiger partial charge in [0.1, 0.15) is 5.82 Å². The maximum absolute atomic E-state index is 11.9. The van der Waals surface area contributed by atoms with Gasteiger partial charge in [-0.1, -0.05) is 0 Å². The zero-order valence-electron chi connectivity index (χ0n) is 12.3. The van der Waals surface area contributed by atoms with Gasteiger partial charge in [-0.3, -0.25) is 14.9 Å². The first-order valence-electron chi connectivity index (χ1n) is 7.18. The number of piperidine rings is 1. The average Bonchev–Trinajstić information content (AvgIpc) is 2.81. The van der Waals surface area contributed by atoms with Gasteiger partial charge in [0.25, 0.3) is 0 Å². The number of methoxy groups -OCH3 is 1. The van der Waals surface area contributed by atoms with E-state index in [4.69, 9.17) is 0 Å². The molecule has 1 spiro atoms. The molecule has 0 atom stereocenters. The van der Waals surface area contributed by atoms with Crippen molar-refractivity contribution in [3.8, 4) is 0 Å². The zero-order valence-corrected chi connectivity index (χ0v) is 12.3. The second kappa shape index (κ2) is 5.40. The average molecular weight is 303 g/mol. The van der Waals surface area contributed by atoms with E-state index in [1.165, 1.54) is 13.3 Å². The van der Waals surface area contributed by atoms with Crippen molar-refractivity contribution in [2.75, 3.05) is 25.1 Å². The number of esters is 1. The lowest BCUT2D eigenvalue weighted by Gasteiger charge is -2.37. The van der Waals surface area contributed by atoms with E-state index >= 15 is 0 Å². The molecule has 1 aromatic heterocycles. The second-order valence-corrected chi connectivity index (χ2v) is 5.72. The maximum Gasteiger partial charge on any atom is 0.339 e. The third-order valence-corrected chi connectivity index (χ3v) is 4.45. The van der Waals surface area contributed by atoms with Crippen molar-refractivity contribution < 1.29 is 19.1 Å². The van der Waals surface area contributed by atoms with Crippen LogP contribution in [0.4, 0.5) is 5.82 Å². The molecule has 0 aliphatic carbocycles. The van der Waals surface area contributed by atoms with E-state index in [0.29, 0.717) is 31.5 Å². The van der Waals surface area contributed by atoms with Crippen LogP contribution in [-0.4, -0.2) is 43.0 Å². The lowest BCUT2D eigenvalue weighted by Crippen LogP contribution is -2.44. The molecule has 0 bridgehead atoms. The van der Waals surface area contributed by atoms with Crippen molar-refractivity contribution in [2.45, 2.75) is 19.3 Å². The standard InChI is InChI=1S/C15H17N3O4/c1-22-13(20)10-2-3-11(16-9-10)18-6-4-15(5-7-18)8-12(19)17-14(15)21/h2-3,9H,4-8H2,1H3,(H,17,19,21). The summed E-state index contributed by atoms with van der Waals surface area (Å²) in [5, 5.41) is 2.39. The summed E-state index contributed by atoms with van der Waals surface area (Å²) in [5.41, 5.74) is -0.139. The van der Waals surface area contributed by atoms with Gasteiger partial charge in [-0.2, -0.15) is 0 Å². The minimum atomic E-state index is -0.542. The zero-order chi connectivity index (χ0) is 15.7. The summed E-state index contributed by atoms with van der Waals surface area (Å²) < 4.78 is 4.64. The van der Waals surface area contributed by atoms with Gasteiger partial charge in [0.15, 0.2) is 0 Å². The first-order valence-corrected chi connectivity index (χ1v) is 7.18. The van der Waals surface area contributed by atoms with Crippen LogP contribution in [0, 0.1) is 5.41 Å². The summed E-state index contributed by atoms with van der Waals surface area (Å²) >= 11 is 0. The summed E-state index contributed by atoms with van der Waals surface area (Å²) in [6.45, 7) is 1.32. The number of pyridine rings is 1. The van der Waals surface area contributed by atoms with Crippen LogP contribution in [-0.2, 0) is 14.3 Å². The van der Waals surface area contributed by atoms with Crippen LogP contribution in [0.3, 0.4) is 0 Å². The Morgan fingerprint density at radius 3 is 2.55 bits per heavy atom. The van der Waals surface area contributed by atoms with Crippen LogP contribution in [0.15, 0.2) is 18.3 Å². The Kier molecular flexibility index (Phi) is 3.56. The minimum Gasteiger partial charge on any atom is -0.465 e. The van der Waals surface area contributed by atoms with Gasteiger partial charge in [-0.25, -0.2) is 9.78 Å². The minimum absolute atomic E-state index is 0.147. The highest BCUT2D eigenvalue weighted by Gasteiger charge is 2.48. The van der Waals surface area contributed by atoms with E-state index in [1.807, 2.05) is 0 Å². The summed E-state index contributed by atoms with van der Waals surface area (Å²) in [5.74, 6) is 0.00942. The molecule has 7 nitrogen and oxygen atoms in total. The number of aromatic nitrogens is 1. The Morgan fingerprint density at radius 2 is 2.05 bits per heavy atom. The van der Waals surface area contributed by atoms with Crippen molar-refractivity contribution in [3.63, 3.8) is 0 Å². The van der Waals surface area contributed by atoms with Gasteiger partial charge in [0.05, 0.1) is 18.1 Å². The fraction of sp³-hybridized carbons (Fsp3) is 0.467. The van der Waals surface area contributed by atoms with E-state index in [1.54, 1.807) is 12.1 Å². The molecule has 0 unspecified atom stereocenters. The van der Waals surface area contributed by atoms with Gasteiger partial charge < -0.3 is 9.64 Å². The third kappa shape index (κ3) is 2.43. The predicted octanol–water partition coefficient (Wildman–Crippen LogP) is 0.501. The number of hydrogen-bond donors (Lipinski definition) is 1. The van der Waals surface area contributed by atoms with E-state index < -0.39 is 11.4 Å². The molecule has 1 aromatic rings. The highest BCUT2D eigenvalue weighted by atomic mass is 16.5. The highest BCUT2D eigenvalue weighted by Crippen LogP contribution is 2.39.